The van der Waals surface area contributed by atoms with E-state index in [-0.39, 0.29) is 0 Å². The average molecular weight is 241 g/mol. The van der Waals surface area contributed by atoms with E-state index in [9.17, 15) is 0 Å². The maximum atomic E-state index is 3.32. The van der Waals surface area contributed by atoms with Crippen molar-refractivity contribution in [3.05, 3.63) is 35.4 Å². The molecule has 18 heavy (non-hydrogen) atoms. The summed E-state index contributed by atoms with van der Waals surface area (Å²) in [6.07, 6.45) is 6.89. The van der Waals surface area contributed by atoms with Crippen LogP contribution < -0.4 is 0 Å². The van der Waals surface area contributed by atoms with E-state index in [1.165, 1.54) is 37.7 Å². The first kappa shape index (κ1) is 13.2. The molecule has 1 aromatic carbocycles. The van der Waals surface area contributed by atoms with Crippen molar-refractivity contribution in [2.75, 3.05) is 13.6 Å². The van der Waals surface area contributed by atoms with E-state index in [4.69, 9.17) is 0 Å². The van der Waals surface area contributed by atoms with E-state index >= 15 is 0 Å². The van der Waals surface area contributed by atoms with Crippen molar-refractivity contribution in [3.63, 3.8) is 0 Å². The minimum atomic E-state index is 0.755. The molecule has 0 saturated heterocycles. The van der Waals surface area contributed by atoms with Gasteiger partial charge in [-0.3, -0.25) is 4.90 Å². The Morgan fingerprint density at radius 3 is 2.61 bits per heavy atom. The first-order valence-corrected chi connectivity index (χ1v) is 7.02. The predicted octanol–water partition coefficient (Wildman–Crippen LogP) is 3.61. The van der Waals surface area contributed by atoms with Gasteiger partial charge in [-0.2, -0.15) is 0 Å². The zero-order valence-electron chi connectivity index (χ0n) is 11.6. The summed E-state index contributed by atoms with van der Waals surface area (Å²) >= 11 is 0. The Morgan fingerprint density at radius 2 is 1.89 bits per heavy atom. The highest BCUT2D eigenvalue weighted by molar-refractivity contribution is 5.40. The minimum Gasteiger partial charge on any atom is -0.292 e. The highest BCUT2D eigenvalue weighted by Gasteiger charge is 2.16. The molecule has 1 heteroatoms. The van der Waals surface area contributed by atoms with Gasteiger partial charge in [0.1, 0.15) is 0 Å². The van der Waals surface area contributed by atoms with Gasteiger partial charge in [-0.15, -0.1) is 0 Å². The van der Waals surface area contributed by atoms with Gasteiger partial charge < -0.3 is 0 Å². The molecule has 1 saturated carbocycles. The molecule has 0 amide bonds. The number of rotatable bonds is 2. The second kappa shape index (κ2) is 6.61. The molecule has 96 valence electrons. The fourth-order valence-corrected chi connectivity index (χ4v) is 2.62. The number of benzene rings is 1. The lowest BCUT2D eigenvalue weighted by atomic mass is 9.94. The lowest BCUT2D eigenvalue weighted by Gasteiger charge is -2.29. The normalized spacial score (nSPS) is 16.4. The SMILES string of the molecule is Cc1ccccc1C#CCN(C)C1CCCCC1. The molecule has 0 aromatic heterocycles. The van der Waals surface area contributed by atoms with Gasteiger partial charge in [-0.1, -0.05) is 49.3 Å². The van der Waals surface area contributed by atoms with Crippen LogP contribution >= 0.6 is 0 Å². The molecule has 0 unspecified atom stereocenters. The van der Waals surface area contributed by atoms with Gasteiger partial charge in [0, 0.05) is 11.6 Å². The van der Waals surface area contributed by atoms with E-state index < -0.39 is 0 Å². The minimum absolute atomic E-state index is 0.755. The summed E-state index contributed by atoms with van der Waals surface area (Å²) in [4.78, 5) is 2.42. The van der Waals surface area contributed by atoms with Crippen LogP contribution in [-0.4, -0.2) is 24.5 Å². The molecule has 1 fully saturated rings. The van der Waals surface area contributed by atoms with Gasteiger partial charge in [0.15, 0.2) is 0 Å². The van der Waals surface area contributed by atoms with Crippen molar-refractivity contribution >= 4 is 0 Å². The van der Waals surface area contributed by atoms with Gasteiger partial charge in [-0.05, 0) is 38.4 Å². The Hall–Kier alpha value is -1.26. The second-order valence-corrected chi connectivity index (χ2v) is 5.32. The summed E-state index contributed by atoms with van der Waals surface area (Å²) in [5, 5.41) is 0. The first-order chi connectivity index (χ1) is 8.77. The monoisotopic (exact) mass is 241 g/mol. The van der Waals surface area contributed by atoms with Crippen LogP contribution in [0.5, 0.6) is 0 Å². The second-order valence-electron chi connectivity index (χ2n) is 5.32. The van der Waals surface area contributed by atoms with Crippen molar-refractivity contribution < 1.29 is 0 Å². The molecule has 0 bridgehead atoms. The first-order valence-electron chi connectivity index (χ1n) is 7.02. The number of hydrogen-bond acceptors (Lipinski definition) is 1. The van der Waals surface area contributed by atoms with Gasteiger partial charge in [0.25, 0.3) is 0 Å². The largest absolute Gasteiger partial charge is 0.292 e. The Labute approximate surface area is 111 Å². The molecule has 1 aromatic rings. The van der Waals surface area contributed by atoms with E-state index in [1.807, 2.05) is 0 Å². The van der Waals surface area contributed by atoms with Crippen LogP contribution in [0.1, 0.15) is 43.2 Å². The molecule has 1 nitrogen and oxygen atoms in total. The van der Waals surface area contributed by atoms with Gasteiger partial charge in [0.2, 0.25) is 0 Å². The lowest BCUT2D eigenvalue weighted by Crippen LogP contribution is -2.33. The summed E-state index contributed by atoms with van der Waals surface area (Å²) in [7, 11) is 2.21. The third-order valence-corrected chi connectivity index (χ3v) is 3.89. The van der Waals surface area contributed by atoms with E-state index in [2.05, 4.69) is 55.0 Å². The van der Waals surface area contributed by atoms with Crippen LogP contribution in [0.15, 0.2) is 24.3 Å². The average Bonchev–Trinajstić information content (AvgIpc) is 2.42. The van der Waals surface area contributed by atoms with Crippen molar-refractivity contribution in [2.24, 2.45) is 0 Å². The maximum absolute atomic E-state index is 3.32. The maximum Gasteiger partial charge on any atom is 0.0605 e. The van der Waals surface area contributed by atoms with E-state index in [0.29, 0.717) is 0 Å². The van der Waals surface area contributed by atoms with Crippen LogP contribution in [0.25, 0.3) is 0 Å². The van der Waals surface area contributed by atoms with Crippen molar-refractivity contribution in [2.45, 2.75) is 45.1 Å². The quantitative estimate of drug-likeness (QED) is 0.715. The van der Waals surface area contributed by atoms with Crippen molar-refractivity contribution in [3.8, 4) is 11.8 Å². The Bertz CT molecular complexity index is 432. The molecular weight excluding hydrogens is 218 g/mol. The summed E-state index contributed by atoms with van der Waals surface area (Å²) in [5.74, 6) is 6.61. The summed E-state index contributed by atoms with van der Waals surface area (Å²) in [6.45, 7) is 3.01. The van der Waals surface area contributed by atoms with Gasteiger partial charge in [-0.25, -0.2) is 0 Å². The Morgan fingerprint density at radius 1 is 1.17 bits per heavy atom. The standard InChI is InChI=1S/C17H23N/c1-15-9-6-7-10-16(15)11-8-14-18(2)17-12-4-3-5-13-17/h6-7,9-10,17H,3-5,12-14H2,1-2H3. The lowest BCUT2D eigenvalue weighted by molar-refractivity contribution is 0.212. The summed E-state index contributed by atoms with van der Waals surface area (Å²) in [6, 6.07) is 9.10. The van der Waals surface area contributed by atoms with Gasteiger partial charge >= 0.3 is 0 Å². The van der Waals surface area contributed by atoms with Crippen molar-refractivity contribution in [1.82, 2.24) is 4.90 Å². The predicted molar refractivity (Wildman–Crippen MR) is 77.6 cm³/mol. The molecule has 1 aliphatic rings. The highest BCUT2D eigenvalue weighted by Crippen LogP contribution is 2.21. The zero-order valence-corrected chi connectivity index (χ0v) is 11.6. The third-order valence-electron chi connectivity index (χ3n) is 3.89. The van der Waals surface area contributed by atoms with Crippen LogP contribution in [0, 0.1) is 18.8 Å². The number of aryl methyl sites for hydroxylation is 1. The molecule has 0 atom stereocenters. The zero-order chi connectivity index (χ0) is 12.8. The smallest absolute Gasteiger partial charge is 0.0605 e. The molecule has 0 heterocycles. The Kier molecular flexibility index (Phi) is 4.84. The van der Waals surface area contributed by atoms with Crippen molar-refractivity contribution in [1.29, 1.82) is 0 Å². The number of hydrogen-bond donors (Lipinski definition) is 0. The van der Waals surface area contributed by atoms with E-state index in [1.54, 1.807) is 0 Å². The highest BCUT2D eigenvalue weighted by atomic mass is 15.1. The third kappa shape index (κ3) is 3.62. The van der Waals surface area contributed by atoms with Gasteiger partial charge in [0.05, 0.1) is 6.54 Å². The molecular formula is C17H23N. The molecule has 0 aliphatic heterocycles. The number of nitrogens with zero attached hydrogens (tertiary/aromatic N) is 1. The molecule has 0 spiro atoms. The molecule has 1 aliphatic carbocycles. The van der Waals surface area contributed by atoms with Crippen LogP contribution in [0.3, 0.4) is 0 Å². The van der Waals surface area contributed by atoms with Crippen LogP contribution in [0.4, 0.5) is 0 Å². The van der Waals surface area contributed by atoms with E-state index in [0.717, 1.165) is 18.2 Å². The Balaban J connectivity index is 1.89. The molecule has 0 N–H and O–H groups in total. The summed E-state index contributed by atoms with van der Waals surface area (Å²) < 4.78 is 0. The fraction of sp³-hybridized carbons (Fsp3) is 0.529. The fourth-order valence-electron chi connectivity index (χ4n) is 2.62. The summed E-state index contributed by atoms with van der Waals surface area (Å²) in [5.41, 5.74) is 2.43. The molecule has 2 rings (SSSR count). The van der Waals surface area contributed by atoms with Crippen LogP contribution in [-0.2, 0) is 0 Å². The molecule has 0 radical (unpaired) electrons. The van der Waals surface area contributed by atoms with Crippen LogP contribution in [0.2, 0.25) is 0 Å². The topological polar surface area (TPSA) is 3.24 Å².